The van der Waals surface area contributed by atoms with Gasteiger partial charge in [0, 0.05) is 25.0 Å². The van der Waals surface area contributed by atoms with E-state index in [2.05, 4.69) is 15.4 Å². The Balaban J connectivity index is 2.18. The number of carbonyl (C=O) groups excluding carboxylic acids is 1. The van der Waals surface area contributed by atoms with Crippen molar-refractivity contribution in [3.8, 4) is 0 Å². The zero-order valence-electron chi connectivity index (χ0n) is 10.4. The monoisotopic (exact) mass is 278 g/mol. The number of hydrogen-bond donors (Lipinski definition) is 2. The van der Waals surface area contributed by atoms with E-state index in [0.717, 1.165) is 12.3 Å². The summed E-state index contributed by atoms with van der Waals surface area (Å²) in [5, 5.41) is 15.3. The van der Waals surface area contributed by atoms with Crippen molar-refractivity contribution in [2.75, 3.05) is 0 Å². The molecule has 20 heavy (non-hydrogen) atoms. The highest BCUT2D eigenvalue weighted by Gasteiger charge is 2.24. The van der Waals surface area contributed by atoms with Gasteiger partial charge in [0.25, 0.3) is 5.91 Å². The fraction of sp³-hybridized carbons (Fsp3) is 0.167. The molecule has 0 radical (unpaired) electrons. The summed E-state index contributed by atoms with van der Waals surface area (Å²) < 4.78 is 14.1. The first-order valence-electron chi connectivity index (χ1n) is 5.61. The Labute approximate surface area is 113 Å². The molecule has 2 heterocycles. The molecule has 2 aromatic heterocycles. The molecule has 0 aliphatic rings. The zero-order valence-corrected chi connectivity index (χ0v) is 10.4. The van der Waals surface area contributed by atoms with E-state index in [9.17, 15) is 14.0 Å². The molecule has 104 valence electrons. The molecule has 1 amide bonds. The van der Waals surface area contributed by atoms with Gasteiger partial charge in [0.1, 0.15) is 0 Å². The first-order chi connectivity index (χ1) is 9.47. The smallest absolute Gasteiger partial charge is 0.331 e. The zero-order chi connectivity index (χ0) is 14.7. The van der Waals surface area contributed by atoms with Gasteiger partial charge < -0.3 is 10.4 Å². The summed E-state index contributed by atoms with van der Waals surface area (Å²) in [7, 11) is 1.63. The molecule has 0 spiro atoms. The molecule has 1 unspecified atom stereocenters. The van der Waals surface area contributed by atoms with E-state index >= 15 is 0 Å². The summed E-state index contributed by atoms with van der Waals surface area (Å²) in [6.45, 7) is 0. The number of nitrogens with zero attached hydrogens (tertiary/aromatic N) is 3. The van der Waals surface area contributed by atoms with Crippen molar-refractivity contribution in [1.29, 1.82) is 0 Å². The molecule has 8 heteroatoms. The van der Waals surface area contributed by atoms with Crippen molar-refractivity contribution < 1.29 is 19.1 Å². The third-order valence-electron chi connectivity index (χ3n) is 2.57. The maximum atomic E-state index is 12.7. The molecule has 1 atom stereocenters. The fourth-order valence-corrected chi connectivity index (χ4v) is 1.60. The van der Waals surface area contributed by atoms with Crippen LogP contribution in [0, 0.1) is 5.95 Å². The van der Waals surface area contributed by atoms with Crippen molar-refractivity contribution in [1.82, 2.24) is 20.1 Å². The summed E-state index contributed by atoms with van der Waals surface area (Å²) >= 11 is 0. The summed E-state index contributed by atoms with van der Waals surface area (Å²) in [4.78, 5) is 26.4. The van der Waals surface area contributed by atoms with Gasteiger partial charge in [-0.25, -0.2) is 9.78 Å². The third-order valence-corrected chi connectivity index (χ3v) is 2.57. The van der Waals surface area contributed by atoms with E-state index in [1.54, 1.807) is 7.05 Å². The summed E-state index contributed by atoms with van der Waals surface area (Å²) in [6.07, 6.45) is 3.87. The molecule has 0 aromatic carbocycles. The molecule has 2 N–H and O–H groups in total. The Kier molecular flexibility index (Phi) is 3.74. The van der Waals surface area contributed by atoms with Crippen LogP contribution in [0.3, 0.4) is 0 Å². The molecule has 2 rings (SSSR count). The number of carboxylic acids is 1. The SMILES string of the molecule is Cn1cc(C(NC(=O)c2ccc(F)nc2)C(=O)O)cn1. The highest BCUT2D eigenvalue weighted by atomic mass is 19.1. The van der Waals surface area contributed by atoms with Crippen LogP contribution in [0.15, 0.2) is 30.7 Å². The maximum absolute atomic E-state index is 12.7. The first-order valence-corrected chi connectivity index (χ1v) is 5.61. The van der Waals surface area contributed by atoms with Gasteiger partial charge in [-0.3, -0.25) is 9.48 Å². The number of amides is 1. The van der Waals surface area contributed by atoms with E-state index < -0.39 is 23.9 Å². The normalized spacial score (nSPS) is 11.9. The minimum atomic E-state index is -1.23. The predicted molar refractivity (Wildman–Crippen MR) is 65.2 cm³/mol. The topological polar surface area (TPSA) is 97.1 Å². The van der Waals surface area contributed by atoms with Crippen LogP contribution >= 0.6 is 0 Å². The number of aromatic nitrogens is 3. The Morgan fingerprint density at radius 1 is 1.40 bits per heavy atom. The number of aryl methyl sites for hydroxylation is 1. The van der Waals surface area contributed by atoms with Crippen LogP contribution in [-0.4, -0.2) is 31.7 Å². The van der Waals surface area contributed by atoms with Crippen LogP contribution < -0.4 is 5.32 Å². The fourth-order valence-electron chi connectivity index (χ4n) is 1.60. The van der Waals surface area contributed by atoms with Gasteiger partial charge in [-0.05, 0) is 12.1 Å². The van der Waals surface area contributed by atoms with Crippen molar-refractivity contribution in [3.63, 3.8) is 0 Å². The molecule has 0 bridgehead atoms. The van der Waals surface area contributed by atoms with E-state index in [1.165, 1.54) is 23.1 Å². The van der Waals surface area contributed by atoms with Gasteiger partial charge in [0.2, 0.25) is 5.95 Å². The minimum Gasteiger partial charge on any atom is -0.479 e. The first kappa shape index (κ1) is 13.7. The highest BCUT2D eigenvalue weighted by Crippen LogP contribution is 2.13. The van der Waals surface area contributed by atoms with Gasteiger partial charge in [-0.1, -0.05) is 0 Å². The Morgan fingerprint density at radius 3 is 2.65 bits per heavy atom. The van der Waals surface area contributed by atoms with Crippen molar-refractivity contribution >= 4 is 11.9 Å². The Bertz CT molecular complexity index is 638. The van der Waals surface area contributed by atoms with E-state index in [-0.39, 0.29) is 5.56 Å². The average molecular weight is 278 g/mol. The Morgan fingerprint density at radius 2 is 2.15 bits per heavy atom. The average Bonchev–Trinajstić information content (AvgIpc) is 2.82. The number of pyridine rings is 1. The lowest BCUT2D eigenvalue weighted by molar-refractivity contribution is -0.139. The van der Waals surface area contributed by atoms with Crippen LogP contribution in [0.1, 0.15) is 22.0 Å². The molecule has 0 saturated carbocycles. The van der Waals surface area contributed by atoms with E-state index in [1.807, 2.05) is 0 Å². The lowest BCUT2D eigenvalue weighted by Crippen LogP contribution is -2.33. The van der Waals surface area contributed by atoms with Crippen molar-refractivity contribution in [2.45, 2.75) is 6.04 Å². The number of hydrogen-bond acceptors (Lipinski definition) is 4. The largest absolute Gasteiger partial charge is 0.479 e. The molecule has 0 saturated heterocycles. The summed E-state index contributed by atoms with van der Waals surface area (Å²) in [6, 6.07) is 1.01. The second-order valence-electron chi connectivity index (χ2n) is 4.06. The number of rotatable bonds is 4. The number of aliphatic carboxylic acids is 1. The standard InChI is InChI=1S/C12H11FN4O3/c1-17-6-8(5-15-17)10(12(19)20)16-11(18)7-2-3-9(13)14-4-7/h2-6,10H,1H3,(H,16,18)(H,19,20). The summed E-state index contributed by atoms with van der Waals surface area (Å²) in [5.74, 6) is -2.60. The van der Waals surface area contributed by atoms with E-state index in [4.69, 9.17) is 5.11 Å². The van der Waals surface area contributed by atoms with Crippen LogP contribution in [0.2, 0.25) is 0 Å². The quantitative estimate of drug-likeness (QED) is 0.794. The van der Waals surface area contributed by atoms with Crippen molar-refractivity contribution in [3.05, 3.63) is 47.8 Å². The lowest BCUT2D eigenvalue weighted by atomic mass is 10.1. The molecule has 7 nitrogen and oxygen atoms in total. The Hall–Kier alpha value is -2.77. The van der Waals surface area contributed by atoms with E-state index in [0.29, 0.717) is 5.56 Å². The summed E-state index contributed by atoms with van der Waals surface area (Å²) in [5.41, 5.74) is 0.407. The highest BCUT2D eigenvalue weighted by molar-refractivity contribution is 5.96. The molecule has 2 aromatic rings. The van der Waals surface area contributed by atoms with Crippen LogP contribution in [-0.2, 0) is 11.8 Å². The maximum Gasteiger partial charge on any atom is 0.331 e. The second-order valence-corrected chi connectivity index (χ2v) is 4.06. The second kappa shape index (κ2) is 5.47. The van der Waals surface area contributed by atoms with Gasteiger partial charge in [0.05, 0.1) is 11.8 Å². The molecular weight excluding hydrogens is 267 g/mol. The van der Waals surface area contributed by atoms with Gasteiger partial charge >= 0.3 is 5.97 Å². The molecule has 0 fully saturated rings. The molecule has 0 aliphatic heterocycles. The molecular formula is C12H11FN4O3. The van der Waals surface area contributed by atoms with Crippen molar-refractivity contribution in [2.24, 2.45) is 7.05 Å². The van der Waals surface area contributed by atoms with Crippen LogP contribution in [0.25, 0.3) is 0 Å². The van der Waals surface area contributed by atoms with Crippen LogP contribution in [0.5, 0.6) is 0 Å². The van der Waals surface area contributed by atoms with Crippen LogP contribution in [0.4, 0.5) is 4.39 Å². The van der Waals surface area contributed by atoms with Gasteiger partial charge in [-0.15, -0.1) is 0 Å². The van der Waals surface area contributed by atoms with Gasteiger partial charge in [-0.2, -0.15) is 9.49 Å². The number of carbonyl (C=O) groups is 2. The predicted octanol–water partition coefficient (Wildman–Crippen LogP) is 0.510. The number of halogens is 1. The number of carboxylic acid groups (broad SMARTS) is 1. The lowest BCUT2D eigenvalue weighted by Gasteiger charge is -2.12. The molecule has 0 aliphatic carbocycles. The number of nitrogens with one attached hydrogen (secondary N) is 1. The third kappa shape index (κ3) is 2.97. The minimum absolute atomic E-state index is 0.0709. The van der Waals surface area contributed by atoms with Gasteiger partial charge in [0.15, 0.2) is 6.04 Å².